The zero-order chi connectivity index (χ0) is 10.8. The number of hydrogen-bond acceptors (Lipinski definition) is 4. The summed E-state index contributed by atoms with van der Waals surface area (Å²) in [5.74, 6) is 0.614. The van der Waals surface area contributed by atoms with E-state index in [1.807, 2.05) is 0 Å². The van der Waals surface area contributed by atoms with Gasteiger partial charge < -0.3 is 15.2 Å². The van der Waals surface area contributed by atoms with Crippen LogP contribution in [0.2, 0.25) is 0 Å². The maximum Gasteiger partial charge on any atom is 0.414 e. The van der Waals surface area contributed by atoms with Crippen molar-refractivity contribution in [1.29, 1.82) is 0 Å². The number of carbonyl (C=O) groups is 1. The molecule has 5 heteroatoms. The molecule has 1 aromatic rings. The predicted molar refractivity (Wildman–Crippen MR) is 56.1 cm³/mol. The Labute approximate surface area is 87.4 Å². The summed E-state index contributed by atoms with van der Waals surface area (Å²) < 4.78 is 10.0. The summed E-state index contributed by atoms with van der Waals surface area (Å²) in [5, 5.41) is 0. The minimum Gasteiger partial charge on any atom is -0.495 e. The zero-order valence-corrected chi connectivity index (χ0v) is 8.40. The second kappa shape index (κ2) is 3.68. The molecule has 0 aliphatic carbocycles. The lowest BCUT2D eigenvalue weighted by molar-refractivity contribution is 0.181. The molecule has 2 rings (SSSR count). The summed E-state index contributed by atoms with van der Waals surface area (Å²) in [4.78, 5) is 12.9. The van der Waals surface area contributed by atoms with Gasteiger partial charge in [-0.25, -0.2) is 4.79 Å². The normalized spacial score (nSPS) is 15.3. The van der Waals surface area contributed by atoms with Crippen molar-refractivity contribution in [3.8, 4) is 5.75 Å². The van der Waals surface area contributed by atoms with Crippen molar-refractivity contribution in [3.05, 3.63) is 18.2 Å². The Morgan fingerprint density at radius 1 is 1.53 bits per heavy atom. The summed E-state index contributed by atoms with van der Waals surface area (Å²) in [7, 11) is 1.55. The van der Waals surface area contributed by atoms with Gasteiger partial charge in [-0.2, -0.15) is 0 Å². The van der Waals surface area contributed by atoms with E-state index >= 15 is 0 Å². The molecular formula is C10H12N2O3. The molecule has 5 nitrogen and oxygen atoms in total. The number of methoxy groups -OCH3 is 1. The van der Waals surface area contributed by atoms with Gasteiger partial charge in [0, 0.05) is 5.69 Å². The van der Waals surface area contributed by atoms with Crippen LogP contribution in [0, 0.1) is 0 Å². The number of amides is 1. The van der Waals surface area contributed by atoms with Crippen molar-refractivity contribution < 1.29 is 14.3 Å². The minimum atomic E-state index is -0.362. The van der Waals surface area contributed by atoms with Gasteiger partial charge in [-0.3, -0.25) is 4.90 Å². The highest BCUT2D eigenvalue weighted by Gasteiger charge is 2.26. The molecule has 0 atom stereocenters. The first-order valence-electron chi connectivity index (χ1n) is 4.60. The van der Waals surface area contributed by atoms with Gasteiger partial charge in [0.15, 0.2) is 0 Å². The van der Waals surface area contributed by atoms with Gasteiger partial charge in [-0.15, -0.1) is 0 Å². The third kappa shape index (κ3) is 1.68. The maximum absolute atomic E-state index is 11.4. The summed E-state index contributed by atoms with van der Waals surface area (Å²) in [6.45, 7) is 0.926. The second-order valence-corrected chi connectivity index (χ2v) is 3.20. The van der Waals surface area contributed by atoms with E-state index in [2.05, 4.69) is 0 Å². The molecule has 1 amide bonds. The number of benzene rings is 1. The molecule has 1 heterocycles. The largest absolute Gasteiger partial charge is 0.495 e. The summed E-state index contributed by atoms with van der Waals surface area (Å²) >= 11 is 0. The van der Waals surface area contributed by atoms with Gasteiger partial charge in [0.1, 0.15) is 12.4 Å². The first-order chi connectivity index (χ1) is 7.22. The molecule has 80 valence electrons. The standard InChI is InChI=1S/C10H12N2O3/c1-14-9-3-2-7(11)6-8(9)12-4-5-15-10(12)13/h2-3,6H,4-5,11H2,1H3. The van der Waals surface area contributed by atoms with Crippen molar-refractivity contribution in [2.24, 2.45) is 0 Å². The van der Waals surface area contributed by atoms with Gasteiger partial charge >= 0.3 is 6.09 Å². The summed E-state index contributed by atoms with van der Waals surface area (Å²) in [5.41, 5.74) is 6.90. The molecule has 1 saturated heterocycles. The van der Waals surface area contributed by atoms with E-state index in [0.717, 1.165) is 0 Å². The Morgan fingerprint density at radius 2 is 2.33 bits per heavy atom. The highest BCUT2D eigenvalue weighted by Crippen LogP contribution is 2.31. The third-order valence-electron chi connectivity index (χ3n) is 2.25. The van der Waals surface area contributed by atoms with E-state index in [1.54, 1.807) is 25.3 Å². The van der Waals surface area contributed by atoms with Gasteiger partial charge in [0.05, 0.1) is 19.3 Å². The van der Waals surface area contributed by atoms with Crippen molar-refractivity contribution in [1.82, 2.24) is 0 Å². The van der Waals surface area contributed by atoms with Gasteiger partial charge in [0.2, 0.25) is 0 Å². The highest BCUT2D eigenvalue weighted by molar-refractivity contribution is 5.91. The Morgan fingerprint density at radius 3 is 2.93 bits per heavy atom. The van der Waals surface area contributed by atoms with Crippen LogP contribution in [0.3, 0.4) is 0 Å². The molecule has 0 saturated carbocycles. The Balaban J connectivity index is 2.40. The molecule has 1 aliphatic heterocycles. The van der Waals surface area contributed by atoms with Crippen LogP contribution in [0.25, 0.3) is 0 Å². The topological polar surface area (TPSA) is 64.8 Å². The van der Waals surface area contributed by atoms with Crippen molar-refractivity contribution in [2.75, 3.05) is 30.9 Å². The van der Waals surface area contributed by atoms with Crippen LogP contribution < -0.4 is 15.4 Å². The Hall–Kier alpha value is -1.91. The molecule has 0 spiro atoms. The number of hydrogen-bond donors (Lipinski definition) is 1. The molecule has 1 aliphatic rings. The van der Waals surface area contributed by atoms with Crippen LogP contribution >= 0.6 is 0 Å². The first-order valence-corrected chi connectivity index (χ1v) is 4.60. The lowest BCUT2D eigenvalue weighted by Crippen LogP contribution is -2.23. The molecule has 15 heavy (non-hydrogen) atoms. The summed E-state index contributed by atoms with van der Waals surface area (Å²) in [6, 6.07) is 5.16. The number of nitrogens with two attached hydrogens (primary N) is 1. The lowest BCUT2D eigenvalue weighted by atomic mass is 10.2. The first kappa shape index (κ1) is 9.64. The van der Waals surface area contributed by atoms with Crippen LogP contribution in [0.4, 0.5) is 16.2 Å². The predicted octanol–water partition coefficient (Wildman–Crippen LogP) is 1.23. The molecule has 1 fully saturated rings. The third-order valence-corrected chi connectivity index (χ3v) is 2.25. The quantitative estimate of drug-likeness (QED) is 0.742. The lowest BCUT2D eigenvalue weighted by Gasteiger charge is -2.16. The molecule has 0 bridgehead atoms. The van der Waals surface area contributed by atoms with E-state index in [9.17, 15) is 4.79 Å². The number of nitrogen functional groups attached to an aromatic ring is 1. The van der Waals surface area contributed by atoms with Crippen LogP contribution in [0.15, 0.2) is 18.2 Å². The zero-order valence-electron chi connectivity index (χ0n) is 8.40. The molecule has 0 aromatic heterocycles. The van der Waals surface area contributed by atoms with Gasteiger partial charge in [-0.05, 0) is 18.2 Å². The van der Waals surface area contributed by atoms with Crippen molar-refractivity contribution in [3.63, 3.8) is 0 Å². The summed E-state index contributed by atoms with van der Waals surface area (Å²) in [6.07, 6.45) is -0.362. The van der Waals surface area contributed by atoms with Crippen LogP contribution in [0.5, 0.6) is 5.75 Å². The number of carbonyl (C=O) groups excluding carboxylic acids is 1. The SMILES string of the molecule is COc1ccc(N)cc1N1CCOC1=O. The van der Waals surface area contributed by atoms with E-state index in [1.165, 1.54) is 4.90 Å². The van der Waals surface area contributed by atoms with Gasteiger partial charge in [-0.1, -0.05) is 0 Å². The van der Waals surface area contributed by atoms with E-state index in [4.69, 9.17) is 15.2 Å². The van der Waals surface area contributed by atoms with Gasteiger partial charge in [0.25, 0.3) is 0 Å². The van der Waals surface area contributed by atoms with E-state index in [-0.39, 0.29) is 6.09 Å². The number of rotatable bonds is 2. The molecule has 0 unspecified atom stereocenters. The van der Waals surface area contributed by atoms with Crippen LogP contribution in [-0.4, -0.2) is 26.4 Å². The highest BCUT2D eigenvalue weighted by atomic mass is 16.6. The fourth-order valence-corrected chi connectivity index (χ4v) is 1.53. The monoisotopic (exact) mass is 208 g/mol. The van der Waals surface area contributed by atoms with E-state index < -0.39 is 0 Å². The number of ether oxygens (including phenoxy) is 2. The molecular weight excluding hydrogens is 196 g/mol. The van der Waals surface area contributed by atoms with Crippen molar-refractivity contribution in [2.45, 2.75) is 0 Å². The second-order valence-electron chi connectivity index (χ2n) is 3.20. The number of anilines is 2. The van der Waals surface area contributed by atoms with Crippen molar-refractivity contribution >= 4 is 17.5 Å². The fourth-order valence-electron chi connectivity index (χ4n) is 1.53. The van der Waals surface area contributed by atoms with Crippen LogP contribution in [0.1, 0.15) is 0 Å². The fraction of sp³-hybridized carbons (Fsp3) is 0.300. The number of nitrogens with zero attached hydrogens (tertiary/aromatic N) is 1. The molecule has 2 N–H and O–H groups in total. The molecule has 1 aromatic carbocycles. The van der Waals surface area contributed by atoms with Crippen LogP contribution in [-0.2, 0) is 4.74 Å². The van der Waals surface area contributed by atoms with E-state index in [0.29, 0.717) is 30.3 Å². The maximum atomic E-state index is 11.4. The minimum absolute atomic E-state index is 0.362. The molecule has 0 radical (unpaired) electrons. The Bertz CT molecular complexity index is 392. The number of cyclic esters (lactones) is 1. The average molecular weight is 208 g/mol. The Kier molecular flexibility index (Phi) is 2.37. The average Bonchev–Trinajstić information content (AvgIpc) is 2.64. The smallest absolute Gasteiger partial charge is 0.414 e.